The second-order valence-electron chi connectivity index (χ2n) is 4.74. The second-order valence-corrected chi connectivity index (χ2v) is 4.74. The summed E-state index contributed by atoms with van der Waals surface area (Å²) in [6.45, 7) is 2.24. The first-order valence-corrected chi connectivity index (χ1v) is 5.20. The van der Waals surface area contributed by atoms with Crippen molar-refractivity contribution in [1.82, 2.24) is 5.32 Å². The number of nitrogens with two attached hydrogens (primary N) is 1. The highest BCUT2D eigenvalue weighted by Gasteiger charge is 2.46. The van der Waals surface area contributed by atoms with Crippen molar-refractivity contribution in [2.45, 2.75) is 50.6 Å². The minimum Gasteiger partial charge on any atom is -0.352 e. The summed E-state index contributed by atoms with van der Waals surface area (Å²) in [4.78, 5) is 11.6. The van der Waals surface area contributed by atoms with Crippen molar-refractivity contribution < 1.29 is 4.79 Å². The Bertz CT molecular complexity index is 223. The van der Waals surface area contributed by atoms with Crippen molar-refractivity contribution in [3.8, 4) is 0 Å². The Morgan fingerprint density at radius 3 is 2.62 bits per heavy atom. The zero-order valence-electron chi connectivity index (χ0n) is 8.18. The molecule has 74 valence electrons. The van der Waals surface area contributed by atoms with Crippen LogP contribution in [0.25, 0.3) is 0 Å². The van der Waals surface area contributed by atoms with E-state index in [0.717, 1.165) is 31.6 Å². The van der Waals surface area contributed by atoms with Gasteiger partial charge in [0.25, 0.3) is 0 Å². The van der Waals surface area contributed by atoms with Gasteiger partial charge in [-0.15, -0.1) is 0 Å². The number of nitrogens with one attached hydrogen (secondary N) is 1. The first-order valence-electron chi connectivity index (χ1n) is 5.20. The normalized spacial score (nSPS) is 35.8. The lowest BCUT2D eigenvalue weighted by Gasteiger charge is -2.15. The number of hydrogen-bond acceptors (Lipinski definition) is 2. The van der Waals surface area contributed by atoms with Crippen molar-refractivity contribution in [2.24, 2.45) is 11.7 Å². The summed E-state index contributed by atoms with van der Waals surface area (Å²) in [5.74, 6) is 0.838. The highest BCUT2D eigenvalue weighted by Crippen LogP contribution is 2.33. The number of carbonyl (C=O) groups is 1. The molecule has 2 aliphatic carbocycles. The summed E-state index contributed by atoms with van der Waals surface area (Å²) < 4.78 is 0. The van der Waals surface area contributed by atoms with Gasteiger partial charge in [-0.1, -0.05) is 6.92 Å². The molecule has 0 aromatic rings. The van der Waals surface area contributed by atoms with Crippen LogP contribution in [0.15, 0.2) is 0 Å². The number of hydrogen-bond donors (Lipinski definition) is 2. The number of amides is 1. The molecule has 1 amide bonds. The molecule has 0 aromatic heterocycles. The Hall–Kier alpha value is -0.570. The van der Waals surface area contributed by atoms with Gasteiger partial charge in [0, 0.05) is 6.04 Å². The molecule has 0 aromatic carbocycles. The quantitative estimate of drug-likeness (QED) is 0.663. The maximum atomic E-state index is 11.6. The highest BCUT2D eigenvalue weighted by molar-refractivity contribution is 5.89. The topological polar surface area (TPSA) is 55.1 Å². The summed E-state index contributed by atoms with van der Waals surface area (Å²) in [7, 11) is 0. The van der Waals surface area contributed by atoms with Crippen molar-refractivity contribution in [3.05, 3.63) is 0 Å². The fourth-order valence-corrected chi connectivity index (χ4v) is 2.03. The monoisotopic (exact) mass is 182 g/mol. The Labute approximate surface area is 79.1 Å². The van der Waals surface area contributed by atoms with Gasteiger partial charge >= 0.3 is 0 Å². The van der Waals surface area contributed by atoms with E-state index in [1.54, 1.807) is 0 Å². The fourth-order valence-electron chi connectivity index (χ4n) is 2.03. The van der Waals surface area contributed by atoms with Gasteiger partial charge in [0.15, 0.2) is 0 Å². The molecule has 2 fully saturated rings. The van der Waals surface area contributed by atoms with E-state index in [9.17, 15) is 4.79 Å². The smallest absolute Gasteiger partial charge is 0.240 e. The highest BCUT2D eigenvalue weighted by atomic mass is 16.2. The molecule has 2 aliphatic rings. The predicted molar refractivity (Wildman–Crippen MR) is 51.1 cm³/mol. The molecule has 0 heterocycles. The van der Waals surface area contributed by atoms with Crippen LogP contribution < -0.4 is 11.1 Å². The third-order valence-electron chi connectivity index (χ3n) is 3.27. The molecule has 3 heteroatoms. The lowest BCUT2D eigenvalue weighted by atomic mass is 10.1. The zero-order valence-corrected chi connectivity index (χ0v) is 8.18. The van der Waals surface area contributed by atoms with Crippen LogP contribution in [0.2, 0.25) is 0 Å². The van der Waals surface area contributed by atoms with E-state index in [1.807, 2.05) is 0 Å². The second kappa shape index (κ2) is 2.98. The molecule has 0 aliphatic heterocycles. The molecule has 0 saturated heterocycles. The summed E-state index contributed by atoms with van der Waals surface area (Å²) >= 11 is 0. The summed E-state index contributed by atoms with van der Waals surface area (Å²) in [6, 6.07) is 0.392. The van der Waals surface area contributed by atoms with Crippen LogP contribution in [-0.4, -0.2) is 17.5 Å². The van der Waals surface area contributed by atoms with E-state index in [0.29, 0.717) is 6.04 Å². The van der Waals surface area contributed by atoms with Gasteiger partial charge in [-0.3, -0.25) is 4.79 Å². The Morgan fingerprint density at radius 1 is 1.46 bits per heavy atom. The molecule has 13 heavy (non-hydrogen) atoms. The maximum Gasteiger partial charge on any atom is 0.240 e. The first-order chi connectivity index (χ1) is 6.10. The van der Waals surface area contributed by atoms with Crippen LogP contribution in [0, 0.1) is 5.92 Å². The van der Waals surface area contributed by atoms with Crippen molar-refractivity contribution in [1.29, 1.82) is 0 Å². The molecule has 2 saturated carbocycles. The standard InChI is InChI=1S/C10H18N2O/c1-7-2-3-8(6-7)12-9(13)10(11)4-5-10/h7-8H,2-6,11H2,1H3,(H,12,13). The summed E-state index contributed by atoms with van der Waals surface area (Å²) in [6.07, 6.45) is 5.22. The average molecular weight is 182 g/mol. The average Bonchev–Trinajstić information content (AvgIpc) is 2.69. The molecular formula is C10H18N2O. The van der Waals surface area contributed by atoms with E-state index >= 15 is 0 Å². The van der Waals surface area contributed by atoms with Crippen LogP contribution in [-0.2, 0) is 4.79 Å². The Balaban J connectivity index is 1.81. The van der Waals surface area contributed by atoms with Gasteiger partial charge in [-0.05, 0) is 38.0 Å². The molecule has 2 unspecified atom stereocenters. The van der Waals surface area contributed by atoms with Crippen LogP contribution in [0.4, 0.5) is 0 Å². The maximum absolute atomic E-state index is 11.6. The Morgan fingerprint density at radius 2 is 2.15 bits per heavy atom. The number of rotatable bonds is 2. The molecule has 2 rings (SSSR count). The molecule has 0 spiro atoms. The summed E-state index contributed by atoms with van der Waals surface area (Å²) in [5, 5.41) is 3.05. The van der Waals surface area contributed by atoms with E-state index in [2.05, 4.69) is 12.2 Å². The van der Waals surface area contributed by atoms with Gasteiger partial charge in [0.1, 0.15) is 0 Å². The molecule has 3 nitrogen and oxygen atoms in total. The van der Waals surface area contributed by atoms with Crippen molar-refractivity contribution in [2.75, 3.05) is 0 Å². The molecule has 3 N–H and O–H groups in total. The molecule has 2 atom stereocenters. The van der Waals surface area contributed by atoms with Crippen LogP contribution >= 0.6 is 0 Å². The van der Waals surface area contributed by atoms with Crippen LogP contribution in [0.5, 0.6) is 0 Å². The molecular weight excluding hydrogens is 164 g/mol. The summed E-state index contributed by atoms with van der Waals surface area (Å²) in [5.41, 5.74) is 5.30. The fraction of sp³-hybridized carbons (Fsp3) is 0.900. The predicted octanol–water partition coefficient (Wildman–Crippen LogP) is 0.782. The SMILES string of the molecule is CC1CCC(NC(=O)C2(N)CC2)C1. The number of carbonyl (C=O) groups excluding carboxylic acids is 1. The lowest BCUT2D eigenvalue weighted by molar-refractivity contribution is -0.123. The van der Waals surface area contributed by atoms with Gasteiger partial charge in [-0.2, -0.15) is 0 Å². The van der Waals surface area contributed by atoms with E-state index < -0.39 is 5.54 Å². The first kappa shape index (κ1) is 9.00. The van der Waals surface area contributed by atoms with Crippen LogP contribution in [0.3, 0.4) is 0 Å². The minimum atomic E-state index is -0.494. The molecule has 0 bridgehead atoms. The van der Waals surface area contributed by atoms with Crippen molar-refractivity contribution in [3.63, 3.8) is 0 Å². The largest absolute Gasteiger partial charge is 0.352 e. The third-order valence-corrected chi connectivity index (χ3v) is 3.27. The van der Waals surface area contributed by atoms with Gasteiger partial charge in [0.2, 0.25) is 5.91 Å². The van der Waals surface area contributed by atoms with Crippen LogP contribution in [0.1, 0.15) is 39.0 Å². The lowest BCUT2D eigenvalue weighted by Crippen LogP contribution is -2.46. The third kappa shape index (κ3) is 1.85. The van der Waals surface area contributed by atoms with E-state index in [1.165, 1.54) is 6.42 Å². The zero-order chi connectivity index (χ0) is 9.47. The van der Waals surface area contributed by atoms with Gasteiger partial charge < -0.3 is 11.1 Å². The van der Waals surface area contributed by atoms with E-state index in [4.69, 9.17) is 5.73 Å². The van der Waals surface area contributed by atoms with E-state index in [-0.39, 0.29) is 5.91 Å². The molecule has 0 radical (unpaired) electrons. The van der Waals surface area contributed by atoms with Crippen molar-refractivity contribution >= 4 is 5.91 Å². The minimum absolute atomic E-state index is 0.0756. The van der Waals surface area contributed by atoms with Gasteiger partial charge in [0.05, 0.1) is 5.54 Å². The van der Waals surface area contributed by atoms with Gasteiger partial charge in [-0.25, -0.2) is 0 Å². The Kier molecular flexibility index (Phi) is 2.06.